The second-order valence-electron chi connectivity index (χ2n) is 4.09. The summed E-state index contributed by atoms with van der Waals surface area (Å²) < 4.78 is 27.4. The molecule has 2 aromatic rings. The molecule has 0 aliphatic carbocycles. The van der Waals surface area contributed by atoms with Gasteiger partial charge in [0.1, 0.15) is 10.7 Å². The van der Waals surface area contributed by atoms with Crippen molar-refractivity contribution in [3.63, 3.8) is 0 Å². The molecule has 1 aromatic heterocycles. The molecule has 0 bridgehead atoms. The monoisotopic (exact) mass is 345 g/mol. The third kappa shape index (κ3) is 3.58. The predicted molar refractivity (Wildman–Crippen MR) is 85.7 cm³/mol. The Labute approximate surface area is 133 Å². The van der Waals surface area contributed by atoms with E-state index in [2.05, 4.69) is 15.0 Å². The zero-order chi connectivity index (χ0) is 15.5. The Morgan fingerprint density at radius 1 is 1.19 bits per heavy atom. The number of aromatic nitrogens is 1. The average molecular weight is 346 g/mol. The molecule has 0 unspecified atom stereocenters. The van der Waals surface area contributed by atoms with E-state index in [4.69, 9.17) is 23.2 Å². The maximum absolute atomic E-state index is 12.5. The van der Waals surface area contributed by atoms with Crippen LogP contribution in [-0.2, 0) is 10.0 Å². The van der Waals surface area contributed by atoms with Crippen molar-refractivity contribution in [2.45, 2.75) is 11.8 Å². The largest absolute Gasteiger partial charge is 0.369 e. The van der Waals surface area contributed by atoms with Crippen LogP contribution in [0.15, 0.2) is 41.4 Å². The summed E-state index contributed by atoms with van der Waals surface area (Å²) in [5, 5.41) is 3.33. The number of rotatable bonds is 5. The van der Waals surface area contributed by atoms with E-state index in [9.17, 15) is 8.42 Å². The third-order valence-electron chi connectivity index (χ3n) is 2.60. The van der Waals surface area contributed by atoms with E-state index < -0.39 is 10.0 Å². The van der Waals surface area contributed by atoms with Gasteiger partial charge in [0.25, 0.3) is 10.0 Å². The summed E-state index contributed by atoms with van der Waals surface area (Å²) in [6.45, 7) is 2.41. The molecule has 112 valence electrons. The number of hydrogen-bond acceptors (Lipinski definition) is 4. The first-order valence-electron chi connectivity index (χ1n) is 6.11. The van der Waals surface area contributed by atoms with Crippen LogP contribution >= 0.6 is 23.2 Å². The number of pyridine rings is 1. The summed E-state index contributed by atoms with van der Waals surface area (Å²) in [7, 11) is -3.82. The zero-order valence-corrected chi connectivity index (χ0v) is 13.4. The van der Waals surface area contributed by atoms with Crippen LogP contribution in [0.2, 0.25) is 10.0 Å². The van der Waals surface area contributed by atoms with Crippen molar-refractivity contribution in [2.24, 2.45) is 0 Å². The Morgan fingerprint density at radius 3 is 2.67 bits per heavy atom. The van der Waals surface area contributed by atoms with Gasteiger partial charge in [-0.3, -0.25) is 4.72 Å². The Hall–Kier alpha value is -1.50. The molecule has 1 heterocycles. The topological polar surface area (TPSA) is 71.1 Å². The highest BCUT2D eigenvalue weighted by Crippen LogP contribution is 2.31. The van der Waals surface area contributed by atoms with Crippen molar-refractivity contribution in [2.75, 3.05) is 16.6 Å². The Balaban J connectivity index is 2.41. The van der Waals surface area contributed by atoms with Gasteiger partial charge in [-0.25, -0.2) is 13.4 Å². The molecule has 0 amide bonds. The van der Waals surface area contributed by atoms with Crippen molar-refractivity contribution in [1.82, 2.24) is 4.98 Å². The van der Waals surface area contributed by atoms with Crippen molar-refractivity contribution in [3.8, 4) is 0 Å². The molecule has 0 aliphatic heterocycles. The lowest BCUT2D eigenvalue weighted by atomic mass is 10.3. The molecule has 0 saturated carbocycles. The summed E-state index contributed by atoms with van der Waals surface area (Å²) in [5.74, 6) is 0.283. The van der Waals surface area contributed by atoms with Crippen LogP contribution in [0.3, 0.4) is 0 Å². The van der Waals surface area contributed by atoms with Gasteiger partial charge in [-0.2, -0.15) is 0 Å². The van der Waals surface area contributed by atoms with E-state index in [0.29, 0.717) is 6.54 Å². The van der Waals surface area contributed by atoms with Gasteiger partial charge in [0.05, 0.1) is 15.7 Å². The normalized spacial score (nSPS) is 11.2. The summed E-state index contributed by atoms with van der Waals surface area (Å²) in [6.07, 6.45) is 1.52. The molecule has 0 saturated heterocycles. The predicted octanol–water partition coefficient (Wildman–Crippen LogP) is 3.62. The molecule has 8 heteroatoms. The van der Waals surface area contributed by atoms with Crippen LogP contribution in [-0.4, -0.2) is 19.9 Å². The van der Waals surface area contributed by atoms with Gasteiger partial charge < -0.3 is 5.32 Å². The number of nitrogens with one attached hydrogen (secondary N) is 2. The molecular weight excluding hydrogens is 333 g/mol. The lowest BCUT2D eigenvalue weighted by molar-refractivity contribution is 0.601. The Bertz CT molecular complexity index is 751. The van der Waals surface area contributed by atoms with Crippen LogP contribution in [0.5, 0.6) is 0 Å². The van der Waals surface area contributed by atoms with Gasteiger partial charge in [0.2, 0.25) is 0 Å². The van der Waals surface area contributed by atoms with Gasteiger partial charge in [-0.05, 0) is 31.2 Å². The first-order valence-corrected chi connectivity index (χ1v) is 8.35. The summed E-state index contributed by atoms with van der Waals surface area (Å²) >= 11 is 11.9. The van der Waals surface area contributed by atoms with Crippen molar-refractivity contribution in [1.29, 1.82) is 0 Å². The molecule has 0 radical (unpaired) electrons. The number of benzene rings is 1. The SMILES string of the molecule is CCNc1ncccc1S(=O)(=O)Nc1cccc(Cl)c1Cl. The van der Waals surface area contributed by atoms with Crippen LogP contribution in [0, 0.1) is 0 Å². The first kappa shape index (κ1) is 15.9. The Morgan fingerprint density at radius 2 is 1.95 bits per heavy atom. The van der Waals surface area contributed by atoms with Crippen molar-refractivity contribution in [3.05, 3.63) is 46.6 Å². The van der Waals surface area contributed by atoms with E-state index >= 15 is 0 Å². The molecule has 1 aromatic carbocycles. The molecule has 0 atom stereocenters. The maximum atomic E-state index is 12.5. The van der Waals surface area contributed by atoms with E-state index in [-0.39, 0.29) is 26.4 Å². The van der Waals surface area contributed by atoms with Crippen LogP contribution in [0.25, 0.3) is 0 Å². The smallest absolute Gasteiger partial charge is 0.265 e. The van der Waals surface area contributed by atoms with Crippen LogP contribution < -0.4 is 10.0 Å². The van der Waals surface area contributed by atoms with Gasteiger partial charge in [0, 0.05) is 12.7 Å². The number of anilines is 2. The molecule has 0 fully saturated rings. The molecule has 2 N–H and O–H groups in total. The number of nitrogens with zero attached hydrogens (tertiary/aromatic N) is 1. The standard InChI is InChI=1S/C13H13Cl2N3O2S/c1-2-16-13-11(7-4-8-17-13)21(19,20)18-10-6-3-5-9(14)12(10)15/h3-8,18H,2H2,1H3,(H,16,17). The highest BCUT2D eigenvalue weighted by Gasteiger charge is 2.20. The van der Waals surface area contributed by atoms with Crippen molar-refractivity contribution < 1.29 is 8.42 Å². The van der Waals surface area contributed by atoms with Gasteiger partial charge in [0.15, 0.2) is 0 Å². The third-order valence-corrected chi connectivity index (χ3v) is 4.82. The lowest BCUT2D eigenvalue weighted by Crippen LogP contribution is -2.16. The lowest BCUT2D eigenvalue weighted by Gasteiger charge is -2.13. The Kier molecular flexibility index (Phi) is 4.92. The van der Waals surface area contributed by atoms with Gasteiger partial charge in [-0.1, -0.05) is 29.3 Å². The maximum Gasteiger partial charge on any atom is 0.265 e. The molecular formula is C13H13Cl2N3O2S. The van der Waals surface area contributed by atoms with E-state index in [1.165, 1.54) is 18.3 Å². The van der Waals surface area contributed by atoms with Gasteiger partial charge >= 0.3 is 0 Å². The highest BCUT2D eigenvalue weighted by molar-refractivity contribution is 7.92. The first-order chi connectivity index (χ1) is 9.95. The molecule has 0 spiro atoms. The van der Waals surface area contributed by atoms with Crippen LogP contribution in [0.1, 0.15) is 6.92 Å². The fraction of sp³-hybridized carbons (Fsp3) is 0.154. The average Bonchev–Trinajstić information content (AvgIpc) is 2.44. The number of hydrogen-bond donors (Lipinski definition) is 2. The number of sulfonamides is 1. The van der Waals surface area contributed by atoms with Crippen LogP contribution in [0.4, 0.5) is 11.5 Å². The van der Waals surface area contributed by atoms with E-state index in [1.54, 1.807) is 18.2 Å². The summed E-state index contributed by atoms with van der Waals surface area (Å²) in [5.41, 5.74) is 0.218. The highest BCUT2D eigenvalue weighted by atomic mass is 35.5. The quantitative estimate of drug-likeness (QED) is 0.867. The minimum Gasteiger partial charge on any atom is -0.369 e. The van der Waals surface area contributed by atoms with E-state index in [1.807, 2.05) is 6.92 Å². The molecule has 2 rings (SSSR count). The van der Waals surface area contributed by atoms with Crippen molar-refractivity contribution >= 4 is 44.7 Å². The van der Waals surface area contributed by atoms with Gasteiger partial charge in [-0.15, -0.1) is 0 Å². The minimum absolute atomic E-state index is 0.0443. The molecule has 0 aliphatic rings. The second-order valence-corrected chi connectivity index (χ2v) is 6.52. The fourth-order valence-electron chi connectivity index (χ4n) is 1.69. The molecule has 5 nitrogen and oxygen atoms in total. The zero-order valence-electron chi connectivity index (χ0n) is 11.1. The number of halogens is 2. The fourth-order valence-corrected chi connectivity index (χ4v) is 3.30. The summed E-state index contributed by atoms with van der Waals surface area (Å²) in [6, 6.07) is 7.74. The summed E-state index contributed by atoms with van der Waals surface area (Å²) in [4.78, 5) is 4.07. The minimum atomic E-state index is -3.82. The van der Waals surface area contributed by atoms with E-state index in [0.717, 1.165) is 0 Å². The molecule has 21 heavy (non-hydrogen) atoms. The second kappa shape index (κ2) is 6.51.